The summed E-state index contributed by atoms with van der Waals surface area (Å²) in [7, 11) is 2.02. The van der Waals surface area contributed by atoms with Crippen LogP contribution in [0, 0.1) is 6.92 Å². The van der Waals surface area contributed by atoms with Gasteiger partial charge in [-0.1, -0.05) is 0 Å². The highest BCUT2D eigenvalue weighted by Crippen LogP contribution is 2.43. The maximum atomic E-state index is 12.8. The van der Waals surface area contributed by atoms with Crippen molar-refractivity contribution in [2.75, 3.05) is 0 Å². The first-order valence-corrected chi connectivity index (χ1v) is 9.69. The van der Waals surface area contributed by atoms with E-state index in [9.17, 15) is 4.79 Å². The maximum Gasteiger partial charge on any atom is 0.223 e. The van der Waals surface area contributed by atoms with Crippen LogP contribution < -0.4 is 0 Å². The Morgan fingerprint density at radius 3 is 2.67 bits per heavy atom. The number of aryl methyl sites for hydroxylation is 3. The van der Waals surface area contributed by atoms with Crippen molar-refractivity contribution in [2.24, 2.45) is 7.05 Å². The molecule has 1 amide bonds. The van der Waals surface area contributed by atoms with Gasteiger partial charge in [0.2, 0.25) is 5.91 Å². The van der Waals surface area contributed by atoms with Gasteiger partial charge in [-0.15, -0.1) is 11.3 Å². The van der Waals surface area contributed by atoms with Gasteiger partial charge in [-0.2, -0.15) is 5.10 Å². The normalized spacial score (nSPS) is 26.1. The molecule has 128 valence electrons. The van der Waals surface area contributed by atoms with Gasteiger partial charge in [0, 0.05) is 48.2 Å². The van der Waals surface area contributed by atoms with Crippen molar-refractivity contribution in [3.05, 3.63) is 34.0 Å². The molecule has 0 radical (unpaired) electrons. The molecular weight excluding hydrogens is 320 g/mol. The molecule has 2 aliphatic heterocycles. The largest absolute Gasteiger partial charge is 0.337 e. The summed E-state index contributed by atoms with van der Waals surface area (Å²) in [6.07, 6.45) is 7.81. The van der Waals surface area contributed by atoms with Gasteiger partial charge in [0.05, 0.1) is 11.2 Å². The van der Waals surface area contributed by atoms with Crippen molar-refractivity contribution in [2.45, 2.75) is 63.5 Å². The molecule has 2 aromatic rings. The van der Waals surface area contributed by atoms with Crippen molar-refractivity contribution >= 4 is 17.2 Å². The molecule has 0 spiro atoms. The maximum absolute atomic E-state index is 12.8. The second-order valence-electron chi connectivity index (χ2n) is 7.09. The Labute approximate surface area is 146 Å². The topological polar surface area (TPSA) is 51.0 Å². The highest BCUT2D eigenvalue weighted by atomic mass is 32.1. The summed E-state index contributed by atoms with van der Waals surface area (Å²) < 4.78 is 1.99. The summed E-state index contributed by atoms with van der Waals surface area (Å²) in [6.45, 7) is 2.03. The summed E-state index contributed by atoms with van der Waals surface area (Å²) in [5.74, 6) is 0.876. The van der Waals surface area contributed by atoms with Crippen LogP contribution in [-0.4, -0.2) is 37.7 Å². The third-order valence-corrected chi connectivity index (χ3v) is 6.70. The standard InChI is InChI=1S/C18H24N4OS/c1-12-17(24-11-19-12)5-6-18(23)22-14-3-4-15(22)10-13(9-14)16-7-8-20-21(16)2/h7-8,11,13-15H,3-6,9-10H2,1-2H3/t14-,15-/m0/s1. The lowest BCUT2D eigenvalue weighted by Crippen LogP contribution is -2.46. The van der Waals surface area contributed by atoms with E-state index >= 15 is 0 Å². The van der Waals surface area contributed by atoms with Crippen molar-refractivity contribution in [3.8, 4) is 0 Å². The van der Waals surface area contributed by atoms with Gasteiger partial charge < -0.3 is 4.90 Å². The lowest BCUT2D eigenvalue weighted by atomic mass is 9.87. The van der Waals surface area contributed by atoms with E-state index in [1.165, 1.54) is 10.6 Å². The number of thiazole rings is 1. The van der Waals surface area contributed by atoms with Crippen molar-refractivity contribution in [1.29, 1.82) is 0 Å². The summed E-state index contributed by atoms with van der Waals surface area (Å²) in [5.41, 5.74) is 4.27. The number of nitrogens with zero attached hydrogens (tertiary/aromatic N) is 4. The number of piperidine rings is 1. The molecule has 4 rings (SSSR count). The van der Waals surface area contributed by atoms with E-state index in [2.05, 4.69) is 21.0 Å². The summed E-state index contributed by atoms with van der Waals surface area (Å²) in [4.78, 5) is 20.6. The number of amides is 1. The zero-order chi connectivity index (χ0) is 16.7. The van der Waals surface area contributed by atoms with E-state index < -0.39 is 0 Å². The fraction of sp³-hybridized carbons (Fsp3) is 0.611. The number of carbonyl (C=O) groups excluding carboxylic acids is 1. The Morgan fingerprint density at radius 2 is 2.08 bits per heavy atom. The van der Waals surface area contributed by atoms with E-state index in [1.54, 1.807) is 11.3 Å². The minimum absolute atomic E-state index is 0.332. The van der Waals surface area contributed by atoms with E-state index in [1.807, 2.05) is 30.4 Å². The van der Waals surface area contributed by atoms with Gasteiger partial charge >= 0.3 is 0 Å². The van der Waals surface area contributed by atoms with Crippen LogP contribution >= 0.6 is 11.3 Å². The summed E-state index contributed by atoms with van der Waals surface area (Å²) >= 11 is 1.66. The van der Waals surface area contributed by atoms with Gasteiger partial charge in [-0.25, -0.2) is 4.98 Å². The Balaban J connectivity index is 1.42. The first-order valence-electron chi connectivity index (χ1n) is 8.81. The molecule has 2 aliphatic rings. The monoisotopic (exact) mass is 344 g/mol. The molecule has 0 unspecified atom stereocenters. The van der Waals surface area contributed by atoms with E-state index in [4.69, 9.17) is 0 Å². The number of hydrogen-bond donors (Lipinski definition) is 0. The zero-order valence-electron chi connectivity index (χ0n) is 14.3. The summed E-state index contributed by atoms with van der Waals surface area (Å²) in [5, 5.41) is 4.31. The quantitative estimate of drug-likeness (QED) is 0.856. The minimum Gasteiger partial charge on any atom is -0.337 e. The molecule has 0 aromatic carbocycles. The zero-order valence-corrected chi connectivity index (χ0v) is 15.1. The van der Waals surface area contributed by atoms with Crippen LogP contribution in [0.25, 0.3) is 0 Å². The van der Waals surface area contributed by atoms with Crippen LogP contribution in [0.15, 0.2) is 17.8 Å². The molecule has 2 saturated heterocycles. The summed E-state index contributed by atoms with van der Waals surface area (Å²) in [6, 6.07) is 2.96. The Hall–Kier alpha value is -1.69. The highest BCUT2D eigenvalue weighted by molar-refractivity contribution is 7.09. The van der Waals surface area contributed by atoms with Crippen LogP contribution in [0.1, 0.15) is 54.3 Å². The third-order valence-electron chi connectivity index (χ3n) is 5.71. The lowest BCUT2D eigenvalue weighted by molar-refractivity contribution is -0.135. The fourth-order valence-electron chi connectivity index (χ4n) is 4.53. The molecule has 2 aromatic heterocycles. The lowest BCUT2D eigenvalue weighted by Gasteiger charge is -2.39. The third kappa shape index (κ3) is 2.77. The molecule has 2 fully saturated rings. The number of fused-ring (bicyclic) bond motifs is 2. The molecule has 5 nitrogen and oxygen atoms in total. The molecule has 2 atom stereocenters. The fourth-order valence-corrected chi connectivity index (χ4v) is 5.31. The van der Waals surface area contributed by atoms with Crippen LogP contribution in [0.3, 0.4) is 0 Å². The van der Waals surface area contributed by atoms with E-state index in [-0.39, 0.29) is 0 Å². The van der Waals surface area contributed by atoms with Crippen LogP contribution in [0.4, 0.5) is 0 Å². The SMILES string of the molecule is Cc1ncsc1CCC(=O)N1[C@H]2CC[C@H]1CC(c1ccnn1C)C2. The predicted molar refractivity (Wildman–Crippen MR) is 94.0 cm³/mol. The van der Waals surface area contributed by atoms with Gasteiger partial charge in [0.15, 0.2) is 0 Å². The Kier molecular flexibility index (Phi) is 4.16. The predicted octanol–water partition coefficient (Wildman–Crippen LogP) is 3.05. The smallest absolute Gasteiger partial charge is 0.223 e. The molecule has 24 heavy (non-hydrogen) atoms. The number of aromatic nitrogens is 3. The van der Waals surface area contributed by atoms with Gasteiger partial charge in [-0.3, -0.25) is 9.48 Å². The highest BCUT2D eigenvalue weighted by Gasteiger charge is 2.43. The first kappa shape index (κ1) is 15.8. The average molecular weight is 344 g/mol. The first-order chi connectivity index (χ1) is 11.6. The Morgan fingerprint density at radius 1 is 1.33 bits per heavy atom. The second-order valence-corrected chi connectivity index (χ2v) is 8.03. The van der Waals surface area contributed by atoms with Gasteiger partial charge in [0.1, 0.15) is 0 Å². The van der Waals surface area contributed by atoms with Crippen molar-refractivity contribution in [3.63, 3.8) is 0 Å². The second kappa shape index (κ2) is 6.31. The number of hydrogen-bond acceptors (Lipinski definition) is 4. The van der Waals surface area contributed by atoms with Crippen molar-refractivity contribution < 1.29 is 4.79 Å². The number of carbonyl (C=O) groups is 1. The van der Waals surface area contributed by atoms with Gasteiger partial charge in [-0.05, 0) is 45.1 Å². The molecule has 0 saturated carbocycles. The Bertz CT molecular complexity index is 723. The molecule has 6 heteroatoms. The minimum atomic E-state index is 0.332. The van der Waals surface area contributed by atoms with Crippen LogP contribution in [0.2, 0.25) is 0 Å². The molecule has 0 N–H and O–H groups in total. The number of rotatable bonds is 4. The van der Waals surface area contributed by atoms with Crippen molar-refractivity contribution in [1.82, 2.24) is 19.7 Å². The molecular formula is C18H24N4OS. The average Bonchev–Trinajstić information content (AvgIpc) is 3.24. The van der Waals surface area contributed by atoms with E-state index in [0.29, 0.717) is 30.3 Å². The van der Waals surface area contributed by atoms with Crippen LogP contribution in [-0.2, 0) is 18.3 Å². The van der Waals surface area contributed by atoms with E-state index in [0.717, 1.165) is 37.8 Å². The molecule has 2 bridgehead atoms. The molecule has 4 heterocycles. The molecule has 0 aliphatic carbocycles. The van der Waals surface area contributed by atoms with Gasteiger partial charge in [0.25, 0.3) is 0 Å². The van der Waals surface area contributed by atoms with Crippen LogP contribution in [0.5, 0.6) is 0 Å².